The molecule has 3 rings (SSSR count). The molecule has 0 spiro atoms. The van der Waals surface area contributed by atoms with Gasteiger partial charge in [0.15, 0.2) is 5.69 Å². The van der Waals surface area contributed by atoms with Crippen LogP contribution in [0.5, 0.6) is 0 Å². The van der Waals surface area contributed by atoms with Crippen molar-refractivity contribution in [1.29, 1.82) is 0 Å². The van der Waals surface area contributed by atoms with E-state index >= 15 is 0 Å². The van der Waals surface area contributed by atoms with Gasteiger partial charge >= 0.3 is 0 Å². The second-order valence-corrected chi connectivity index (χ2v) is 9.02. The molecular formula is C15H24N4O4S. The number of ether oxygens (including phenoxy) is 1. The Balaban J connectivity index is 1.55. The van der Waals surface area contributed by atoms with Gasteiger partial charge in [0, 0.05) is 25.2 Å². The molecule has 1 aromatic rings. The fourth-order valence-electron chi connectivity index (χ4n) is 3.28. The van der Waals surface area contributed by atoms with E-state index in [0.717, 1.165) is 24.1 Å². The normalized spacial score (nSPS) is 21.6. The van der Waals surface area contributed by atoms with Crippen molar-refractivity contribution in [2.45, 2.75) is 38.9 Å². The quantitative estimate of drug-likeness (QED) is 0.821. The third-order valence-electron chi connectivity index (χ3n) is 4.86. The first-order valence-corrected chi connectivity index (χ1v) is 9.98. The molecule has 8 nitrogen and oxygen atoms in total. The topological polar surface area (TPSA) is 104 Å². The second kappa shape index (κ2) is 6.12. The lowest BCUT2D eigenvalue weighted by Gasteiger charge is -2.30. The van der Waals surface area contributed by atoms with E-state index in [2.05, 4.69) is 15.5 Å². The van der Waals surface area contributed by atoms with E-state index in [1.54, 1.807) is 0 Å². The Hall–Kier alpha value is -1.45. The van der Waals surface area contributed by atoms with Crippen LogP contribution >= 0.6 is 0 Å². The lowest BCUT2D eigenvalue weighted by atomic mass is 9.98. The van der Waals surface area contributed by atoms with Crippen LogP contribution in [-0.2, 0) is 27.0 Å². The highest BCUT2D eigenvalue weighted by Crippen LogP contribution is 2.35. The predicted octanol–water partition coefficient (Wildman–Crippen LogP) is 0.576. The molecule has 1 saturated heterocycles. The number of aromatic amines is 1. The van der Waals surface area contributed by atoms with E-state index in [9.17, 15) is 13.2 Å². The molecule has 1 fully saturated rings. The number of carbonyl (C=O) groups is 1. The van der Waals surface area contributed by atoms with Crippen LogP contribution in [0.15, 0.2) is 0 Å². The maximum Gasteiger partial charge on any atom is 0.272 e. The number of hydrogen-bond donors (Lipinski definition) is 2. The molecule has 0 saturated carbocycles. The van der Waals surface area contributed by atoms with Crippen LogP contribution in [0.3, 0.4) is 0 Å². The molecular weight excluding hydrogens is 332 g/mol. The zero-order valence-corrected chi connectivity index (χ0v) is 15.1. The van der Waals surface area contributed by atoms with Crippen LogP contribution in [0.4, 0.5) is 0 Å². The first kappa shape index (κ1) is 17.4. The number of nitrogens with one attached hydrogen (secondary N) is 2. The molecule has 9 heteroatoms. The Bertz CT molecular complexity index is 733. The number of hydrogen-bond acceptors (Lipinski definition) is 5. The van der Waals surface area contributed by atoms with Crippen molar-refractivity contribution in [3.8, 4) is 0 Å². The Morgan fingerprint density at radius 3 is 2.71 bits per heavy atom. The van der Waals surface area contributed by atoms with Gasteiger partial charge in [-0.15, -0.1) is 0 Å². The summed E-state index contributed by atoms with van der Waals surface area (Å²) in [5, 5.41) is 9.97. The molecule has 134 valence electrons. The van der Waals surface area contributed by atoms with Crippen molar-refractivity contribution in [2.24, 2.45) is 5.92 Å². The average Bonchev–Trinajstić information content (AvgIpc) is 3.06. The van der Waals surface area contributed by atoms with Crippen LogP contribution < -0.4 is 5.32 Å². The Kier molecular flexibility index (Phi) is 4.43. The van der Waals surface area contributed by atoms with Crippen LogP contribution in [0.1, 0.15) is 48.4 Å². The van der Waals surface area contributed by atoms with Crippen molar-refractivity contribution in [2.75, 3.05) is 25.9 Å². The van der Waals surface area contributed by atoms with Crippen LogP contribution in [0.25, 0.3) is 0 Å². The highest BCUT2D eigenvalue weighted by molar-refractivity contribution is 7.88. The second-order valence-electron chi connectivity index (χ2n) is 7.04. The summed E-state index contributed by atoms with van der Waals surface area (Å²) in [5.41, 5.74) is 1.63. The van der Waals surface area contributed by atoms with E-state index < -0.39 is 15.6 Å². The van der Waals surface area contributed by atoms with Crippen molar-refractivity contribution in [1.82, 2.24) is 19.8 Å². The summed E-state index contributed by atoms with van der Waals surface area (Å²) in [7, 11) is -3.12. The van der Waals surface area contributed by atoms with Gasteiger partial charge in [0.05, 0.1) is 18.6 Å². The van der Waals surface area contributed by atoms with Gasteiger partial charge in [-0.1, -0.05) is 0 Å². The fraction of sp³-hybridized carbons (Fsp3) is 0.733. The lowest BCUT2D eigenvalue weighted by Crippen LogP contribution is -2.41. The number of piperidine rings is 1. The number of aromatic nitrogens is 2. The molecule has 0 aromatic carbocycles. The highest BCUT2D eigenvalue weighted by atomic mass is 32.2. The molecule has 2 aliphatic heterocycles. The maximum atomic E-state index is 12.4. The van der Waals surface area contributed by atoms with Crippen molar-refractivity contribution in [3.63, 3.8) is 0 Å². The zero-order valence-electron chi connectivity index (χ0n) is 14.3. The summed E-state index contributed by atoms with van der Waals surface area (Å²) >= 11 is 0. The molecule has 1 aromatic heterocycles. The first-order valence-electron chi connectivity index (χ1n) is 8.13. The maximum absolute atomic E-state index is 12.4. The Morgan fingerprint density at radius 1 is 1.42 bits per heavy atom. The molecule has 0 unspecified atom stereocenters. The number of sulfonamides is 1. The van der Waals surface area contributed by atoms with E-state index in [-0.39, 0.29) is 11.8 Å². The van der Waals surface area contributed by atoms with Crippen molar-refractivity contribution < 1.29 is 17.9 Å². The molecule has 0 bridgehead atoms. The molecule has 1 amide bonds. The highest BCUT2D eigenvalue weighted by Gasteiger charge is 2.37. The third kappa shape index (κ3) is 3.33. The molecule has 0 atom stereocenters. The standard InChI is InChI=1S/C15H24N4O4S/c1-15(2)13-11(9-23-15)12(17-18-13)14(20)16-8-10-4-6-19(7-5-10)24(3,21)22/h10H,4-9H2,1-3H3,(H,16,20)(H,17,18). The lowest BCUT2D eigenvalue weighted by molar-refractivity contribution is -0.0114. The summed E-state index contributed by atoms with van der Waals surface area (Å²) < 4.78 is 30.2. The number of amides is 1. The molecule has 24 heavy (non-hydrogen) atoms. The average molecular weight is 356 g/mol. The smallest absolute Gasteiger partial charge is 0.272 e. The number of rotatable bonds is 4. The molecule has 0 radical (unpaired) electrons. The Labute approximate surface area is 142 Å². The van der Waals surface area contributed by atoms with Gasteiger partial charge in [-0.25, -0.2) is 12.7 Å². The SMILES string of the molecule is CC1(C)OCc2c(C(=O)NCC3CCN(S(C)(=O)=O)CC3)n[nH]c21. The molecule has 2 aliphatic rings. The summed E-state index contributed by atoms with van der Waals surface area (Å²) in [6, 6.07) is 0. The first-order chi connectivity index (χ1) is 11.2. The largest absolute Gasteiger partial charge is 0.364 e. The van der Waals surface area contributed by atoms with Crippen LogP contribution in [0, 0.1) is 5.92 Å². The number of nitrogens with zero attached hydrogens (tertiary/aromatic N) is 2. The van der Waals surface area contributed by atoms with Gasteiger partial charge in [0.25, 0.3) is 5.91 Å². The van der Waals surface area contributed by atoms with Gasteiger partial charge in [0.1, 0.15) is 5.60 Å². The van der Waals surface area contributed by atoms with E-state index in [4.69, 9.17) is 4.74 Å². The summed E-state index contributed by atoms with van der Waals surface area (Å²) in [5.74, 6) is 0.0750. The van der Waals surface area contributed by atoms with Crippen molar-refractivity contribution >= 4 is 15.9 Å². The van der Waals surface area contributed by atoms with Crippen LogP contribution in [-0.4, -0.2) is 54.7 Å². The third-order valence-corrected chi connectivity index (χ3v) is 6.16. The van der Waals surface area contributed by atoms with E-state index in [1.807, 2.05) is 13.8 Å². The van der Waals surface area contributed by atoms with Crippen LogP contribution in [0.2, 0.25) is 0 Å². The zero-order chi connectivity index (χ0) is 17.5. The monoisotopic (exact) mass is 356 g/mol. The van der Waals surface area contributed by atoms with E-state index in [0.29, 0.717) is 31.9 Å². The van der Waals surface area contributed by atoms with E-state index in [1.165, 1.54) is 10.6 Å². The van der Waals surface area contributed by atoms with Gasteiger partial charge in [-0.05, 0) is 32.6 Å². The van der Waals surface area contributed by atoms with Gasteiger partial charge in [0.2, 0.25) is 10.0 Å². The van der Waals surface area contributed by atoms with Crippen molar-refractivity contribution in [3.05, 3.63) is 17.0 Å². The fourth-order valence-corrected chi connectivity index (χ4v) is 4.16. The molecule has 2 N–H and O–H groups in total. The number of carbonyl (C=O) groups excluding carboxylic acids is 1. The summed E-state index contributed by atoms with van der Waals surface area (Å²) in [6.45, 7) is 5.82. The molecule has 3 heterocycles. The van der Waals surface area contributed by atoms with Gasteiger partial charge in [-0.2, -0.15) is 5.10 Å². The number of fused-ring (bicyclic) bond motifs is 1. The van der Waals surface area contributed by atoms with Gasteiger partial charge < -0.3 is 10.1 Å². The molecule has 0 aliphatic carbocycles. The summed E-state index contributed by atoms with van der Waals surface area (Å²) in [4.78, 5) is 12.4. The Morgan fingerprint density at radius 2 is 2.08 bits per heavy atom. The van der Waals surface area contributed by atoms with Gasteiger partial charge in [-0.3, -0.25) is 9.89 Å². The number of H-pyrrole nitrogens is 1. The summed E-state index contributed by atoms with van der Waals surface area (Å²) in [6.07, 6.45) is 2.74. The minimum atomic E-state index is -3.12. The predicted molar refractivity (Wildman–Crippen MR) is 87.9 cm³/mol. The minimum absolute atomic E-state index is 0.209. The minimum Gasteiger partial charge on any atom is -0.364 e.